The summed E-state index contributed by atoms with van der Waals surface area (Å²) in [5.41, 5.74) is 5.56. The van der Waals surface area contributed by atoms with Crippen LogP contribution in [0, 0.1) is 52.3 Å². The van der Waals surface area contributed by atoms with Crippen molar-refractivity contribution in [3.05, 3.63) is 0 Å². The number of primary amides is 1. The second-order valence-electron chi connectivity index (χ2n) is 15.7. The molecule has 5 aliphatic carbocycles. The molecule has 6 fully saturated rings. The normalized spacial score (nSPS) is 49.1. The van der Waals surface area contributed by atoms with Crippen molar-refractivity contribution in [1.29, 1.82) is 0 Å². The molecule has 0 aromatic rings. The van der Waals surface area contributed by atoms with Crippen molar-refractivity contribution >= 4 is 11.9 Å². The Bertz CT molecular complexity index is 1020. The minimum Gasteiger partial charge on any atom is -0.462 e. The quantitative estimate of drug-likeness (QED) is 0.263. The van der Waals surface area contributed by atoms with Gasteiger partial charge in [0.1, 0.15) is 6.10 Å². The van der Waals surface area contributed by atoms with Gasteiger partial charge in [-0.15, -0.1) is 0 Å². The Morgan fingerprint density at radius 2 is 1.60 bits per heavy atom. The van der Waals surface area contributed by atoms with Gasteiger partial charge in [0.05, 0.1) is 0 Å². The molecule has 1 saturated heterocycles. The Labute approximate surface area is 252 Å². The molecule has 0 unspecified atom stereocenters. The minimum atomic E-state index is -0.837. The second kappa shape index (κ2) is 11.3. The van der Waals surface area contributed by atoms with Crippen LogP contribution in [0.3, 0.4) is 0 Å². The van der Waals surface area contributed by atoms with Gasteiger partial charge < -0.3 is 10.5 Å². The van der Waals surface area contributed by atoms with Crippen LogP contribution in [0.5, 0.6) is 0 Å². The van der Waals surface area contributed by atoms with Gasteiger partial charge in [-0.2, -0.15) is 19.6 Å². The smallest absolute Gasteiger partial charge is 0.302 e. The molecule has 1 amide bonds. The van der Waals surface area contributed by atoms with Crippen LogP contribution < -0.4 is 5.73 Å². The Balaban J connectivity index is 1.18. The third-order valence-electron chi connectivity index (χ3n) is 13.8. The summed E-state index contributed by atoms with van der Waals surface area (Å²) in [4.78, 5) is 48.6. The molecule has 238 valence electrons. The summed E-state index contributed by atoms with van der Waals surface area (Å²) in [5.74, 6) is 1.55. The summed E-state index contributed by atoms with van der Waals surface area (Å²) in [6.45, 7) is 11.0. The highest BCUT2D eigenvalue weighted by Crippen LogP contribution is 2.70. The lowest BCUT2D eigenvalue weighted by Gasteiger charge is -2.63. The first kappa shape index (κ1) is 30.8. The predicted molar refractivity (Wildman–Crippen MR) is 156 cm³/mol. The van der Waals surface area contributed by atoms with E-state index in [0.717, 1.165) is 76.5 Å². The SMILES string of the molecule is CCC1CCC2(CC1)OOC1(CC[C@@]3(C)[C@H](CC[C@@H]4[C@@H]3C[C@H](OC(C)=O)[C@]3(C)[C@@H]([C@H](C)CCC(N)=O)CC[C@@H]43)C1)OO2. The van der Waals surface area contributed by atoms with Gasteiger partial charge in [0, 0.05) is 44.4 Å². The molecular weight excluding hydrogens is 534 g/mol. The summed E-state index contributed by atoms with van der Waals surface area (Å²) in [5, 5.41) is 0. The van der Waals surface area contributed by atoms with Crippen LogP contribution in [0.1, 0.15) is 131 Å². The fourth-order valence-corrected chi connectivity index (χ4v) is 11.2. The van der Waals surface area contributed by atoms with E-state index in [1.807, 2.05) is 0 Å². The van der Waals surface area contributed by atoms with Crippen LogP contribution in [0.4, 0.5) is 0 Å². The largest absolute Gasteiger partial charge is 0.462 e. The molecule has 9 atom stereocenters. The van der Waals surface area contributed by atoms with Crippen LogP contribution in [0.25, 0.3) is 0 Å². The topological polar surface area (TPSA) is 106 Å². The zero-order valence-corrected chi connectivity index (χ0v) is 26.7. The third-order valence-corrected chi connectivity index (χ3v) is 13.8. The average molecular weight is 590 g/mol. The molecule has 0 bridgehead atoms. The molecule has 0 aromatic heterocycles. The summed E-state index contributed by atoms with van der Waals surface area (Å²) in [6, 6.07) is 0. The van der Waals surface area contributed by atoms with Gasteiger partial charge in [0.15, 0.2) is 0 Å². The lowest BCUT2D eigenvalue weighted by molar-refractivity contribution is -0.665. The van der Waals surface area contributed by atoms with Gasteiger partial charge >= 0.3 is 5.97 Å². The van der Waals surface area contributed by atoms with Gasteiger partial charge in [-0.05, 0) is 105 Å². The molecule has 2 N–H and O–H groups in total. The number of nitrogens with two attached hydrogens (primary N) is 1. The molecule has 8 heteroatoms. The summed E-state index contributed by atoms with van der Waals surface area (Å²) < 4.78 is 6.26. The number of amides is 1. The number of carbonyl (C=O) groups is 2. The molecule has 6 rings (SSSR count). The van der Waals surface area contributed by atoms with Gasteiger partial charge in [-0.3, -0.25) is 9.59 Å². The maximum Gasteiger partial charge on any atom is 0.302 e. The van der Waals surface area contributed by atoms with E-state index >= 15 is 0 Å². The number of rotatable bonds is 6. The van der Waals surface area contributed by atoms with Crippen molar-refractivity contribution in [3.8, 4) is 0 Å². The first-order chi connectivity index (χ1) is 19.9. The lowest BCUT2D eigenvalue weighted by Crippen LogP contribution is -2.62. The van der Waals surface area contributed by atoms with Crippen LogP contribution in [-0.2, 0) is 33.9 Å². The van der Waals surface area contributed by atoms with Crippen LogP contribution >= 0.6 is 0 Å². The Kier molecular flexibility index (Phi) is 8.28. The number of fused-ring (bicyclic) bond motifs is 5. The number of hydrogen-bond donors (Lipinski definition) is 1. The monoisotopic (exact) mass is 589 g/mol. The van der Waals surface area contributed by atoms with Crippen LogP contribution in [-0.4, -0.2) is 29.6 Å². The molecule has 0 aromatic carbocycles. The van der Waals surface area contributed by atoms with Gasteiger partial charge in [-0.25, -0.2) is 0 Å². The third kappa shape index (κ3) is 5.14. The molecule has 2 spiro atoms. The molecule has 5 saturated carbocycles. The molecule has 8 nitrogen and oxygen atoms in total. The molecule has 1 heterocycles. The summed E-state index contributed by atoms with van der Waals surface area (Å²) in [7, 11) is 0. The average Bonchev–Trinajstić information content (AvgIpc) is 3.33. The number of esters is 1. The summed E-state index contributed by atoms with van der Waals surface area (Å²) in [6.07, 6.45) is 14.1. The Morgan fingerprint density at radius 3 is 2.24 bits per heavy atom. The Morgan fingerprint density at radius 1 is 0.905 bits per heavy atom. The van der Waals surface area contributed by atoms with Crippen molar-refractivity contribution in [2.45, 2.75) is 149 Å². The fourth-order valence-electron chi connectivity index (χ4n) is 11.2. The minimum absolute atomic E-state index is 0.0780. The molecular formula is C34H55NO7. The standard InChI is InChI=1S/C34H55NO7/c1-6-23-13-15-33(16-14-23)39-41-34(42-40-33)18-17-31(4)24(20-34)8-9-25-27-11-10-26(21(2)7-12-30(35)37)32(27,5)29(19-28(25)31)38-22(3)36/h21,23-29H,6-20H2,1-5H3,(H2,35,37)/t21-,23?,24-,25+,26-,27+,28+,29+,31+,32-,33?,34?/m1/s1. The number of hydrogen-bond acceptors (Lipinski definition) is 7. The van der Waals surface area contributed by atoms with E-state index in [1.165, 1.54) is 19.3 Å². The number of ether oxygens (including phenoxy) is 1. The molecule has 1 aliphatic heterocycles. The van der Waals surface area contributed by atoms with E-state index < -0.39 is 11.6 Å². The molecule has 6 aliphatic rings. The van der Waals surface area contributed by atoms with Crippen molar-refractivity contribution < 1.29 is 33.9 Å². The Hall–Kier alpha value is -1.22. The second-order valence-corrected chi connectivity index (χ2v) is 15.7. The van der Waals surface area contributed by atoms with Crippen molar-refractivity contribution in [2.24, 2.45) is 58.0 Å². The molecule has 42 heavy (non-hydrogen) atoms. The zero-order valence-electron chi connectivity index (χ0n) is 26.7. The van der Waals surface area contributed by atoms with E-state index in [9.17, 15) is 9.59 Å². The maximum absolute atomic E-state index is 12.5. The fraction of sp³-hybridized carbons (Fsp3) is 0.941. The van der Waals surface area contributed by atoms with Gasteiger partial charge in [-0.1, -0.05) is 34.1 Å². The summed E-state index contributed by atoms with van der Waals surface area (Å²) >= 11 is 0. The lowest BCUT2D eigenvalue weighted by atomic mass is 9.43. The van der Waals surface area contributed by atoms with Crippen molar-refractivity contribution in [3.63, 3.8) is 0 Å². The highest BCUT2D eigenvalue weighted by molar-refractivity contribution is 5.73. The van der Waals surface area contributed by atoms with Crippen molar-refractivity contribution in [2.75, 3.05) is 0 Å². The van der Waals surface area contributed by atoms with Crippen LogP contribution in [0.15, 0.2) is 0 Å². The van der Waals surface area contributed by atoms with E-state index in [1.54, 1.807) is 6.92 Å². The number of carbonyl (C=O) groups excluding carboxylic acids is 2. The highest BCUT2D eigenvalue weighted by atomic mass is 17.4. The van der Waals surface area contributed by atoms with E-state index in [0.29, 0.717) is 41.9 Å². The van der Waals surface area contributed by atoms with Crippen LogP contribution in [0.2, 0.25) is 0 Å². The zero-order chi connectivity index (χ0) is 29.9. The molecule has 0 radical (unpaired) electrons. The van der Waals surface area contributed by atoms with Gasteiger partial charge in [0.2, 0.25) is 17.5 Å². The van der Waals surface area contributed by atoms with Crippen molar-refractivity contribution in [1.82, 2.24) is 0 Å². The first-order valence-corrected chi connectivity index (χ1v) is 17.1. The maximum atomic E-state index is 12.5. The van der Waals surface area contributed by atoms with E-state index in [2.05, 4.69) is 27.7 Å². The van der Waals surface area contributed by atoms with Gasteiger partial charge in [0.25, 0.3) is 0 Å². The van der Waals surface area contributed by atoms with E-state index in [4.69, 9.17) is 30.0 Å². The predicted octanol–water partition coefficient (Wildman–Crippen LogP) is 6.99. The highest BCUT2D eigenvalue weighted by Gasteiger charge is 2.67. The van der Waals surface area contributed by atoms with E-state index in [-0.39, 0.29) is 28.8 Å². The first-order valence-electron chi connectivity index (χ1n) is 17.1.